The van der Waals surface area contributed by atoms with E-state index in [1.165, 1.54) is 12.5 Å². The van der Waals surface area contributed by atoms with Crippen LogP contribution in [-0.2, 0) is 14.3 Å². The molecule has 2 rings (SSSR count). The van der Waals surface area contributed by atoms with Crippen LogP contribution < -0.4 is 0 Å². The van der Waals surface area contributed by atoms with Crippen LogP contribution in [-0.4, -0.2) is 23.1 Å². The van der Waals surface area contributed by atoms with Crippen molar-refractivity contribution in [2.75, 3.05) is 0 Å². The van der Waals surface area contributed by atoms with Crippen LogP contribution in [0.15, 0.2) is 22.8 Å². The van der Waals surface area contributed by atoms with Crippen LogP contribution in [0.4, 0.5) is 0 Å². The van der Waals surface area contributed by atoms with Crippen LogP contribution >= 0.6 is 0 Å². The lowest BCUT2D eigenvalue weighted by Crippen LogP contribution is -2.24. The standard InChI is InChI=1S/C17H24O4/c1-9-5-6-13(7-10(2)17(19)20)16-11(3)15(8-14(9)16)21-12(4)18/h7,9,13-15H,5-6,8H2,1-4H3,(H,19,20)/t9-,13-,14?,15?/m1/s1. The predicted octanol–water partition coefficient (Wildman–Crippen LogP) is 3.33. The van der Waals surface area contributed by atoms with Gasteiger partial charge in [0.15, 0.2) is 0 Å². The summed E-state index contributed by atoms with van der Waals surface area (Å²) in [6.45, 7) is 7.34. The first kappa shape index (κ1) is 15.8. The fourth-order valence-corrected chi connectivity index (χ4v) is 3.80. The molecule has 0 heterocycles. The van der Waals surface area contributed by atoms with Gasteiger partial charge in [0.2, 0.25) is 0 Å². The maximum atomic E-state index is 11.2. The molecule has 1 saturated carbocycles. The number of fused-ring (bicyclic) bond motifs is 1. The first-order chi connectivity index (χ1) is 9.81. The van der Waals surface area contributed by atoms with Crippen molar-refractivity contribution in [3.63, 3.8) is 0 Å². The highest BCUT2D eigenvalue weighted by molar-refractivity contribution is 5.85. The molecule has 0 radical (unpaired) electrons. The highest BCUT2D eigenvalue weighted by Crippen LogP contribution is 2.49. The molecule has 0 aliphatic heterocycles. The summed E-state index contributed by atoms with van der Waals surface area (Å²) >= 11 is 0. The summed E-state index contributed by atoms with van der Waals surface area (Å²) in [5.74, 6) is 0.0251. The Hall–Kier alpha value is -1.58. The summed E-state index contributed by atoms with van der Waals surface area (Å²) < 4.78 is 5.43. The third-order valence-corrected chi connectivity index (χ3v) is 4.92. The van der Waals surface area contributed by atoms with Crippen molar-refractivity contribution in [3.8, 4) is 0 Å². The summed E-state index contributed by atoms with van der Waals surface area (Å²) in [7, 11) is 0. The normalized spacial score (nSPS) is 32.9. The van der Waals surface area contributed by atoms with Crippen molar-refractivity contribution in [1.82, 2.24) is 0 Å². The van der Waals surface area contributed by atoms with Crippen LogP contribution in [0.3, 0.4) is 0 Å². The number of esters is 1. The number of aliphatic carboxylic acids is 1. The van der Waals surface area contributed by atoms with Gasteiger partial charge in [-0.2, -0.15) is 0 Å². The van der Waals surface area contributed by atoms with Crippen LogP contribution in [0.25, 0.3) is 0 Å². The Morgan fingerprint density at radius 2 is 1.95 bits per heavy atom. The fraction of sp³-hybridized carbons (Fsp3) is 0.647. The first-order valence-electron chi connectivity index (χ1n) is 7.60. The van der Waals surface area contributed by atoms with Crippen molar-refractivity contribution in [3.05, 3.63) is 22.8 Å². The van der Waals surface area contributed by atoms with Gasteiger partial charge in [0, 0.05) is 12.5 Å². The fourth-order valence-electron chi connectivity index (χ4n) is 3.80. The molecule has 2 aliphatic carbocycles. The van der Waals surface area contributed by atoms with Crippen molar-refractivity contribution < 1.29 is 19.4 Å². The SMILES string of the molecule is CC(=O)OC1CC2C(=C1C)[C@@H](C=C(C)C(=O)O)CC[C@H]2C. The number of carbonyl (C=O) groups is 2. The highest BCUT2D eigenvalue weighted by atomic mass is 16.5. The first-order valence-corrected chi connectivity index (χ1v) is 7.60. The van der Waals surface area contributed by atoms with E-state index in [1.807, 2.05) is 13.0 Å². The topological polar surface area (TPSA) is 63.6 Å². The smallest absolute Gasteiger partial charge is 0.330 e. The van der Waals surface area contributed by atoms with E-state index in [9.17, 15) is 9.59 Å². The van der Waals surface area contributed by atoms with E-state index in [-0.39, 0.29) is 18.0 Å². The zero-order valence-corrected chi connectivity index (χ0v) is 13.2. The Bertz CT molecular complexity index is 515. The molecule has 21 heavy (non-hydrogen) atoms. The van der Waals surface area contributed by atoms with Gasteiger partial charge in [-0.25, -0.2) is 4.79 Å². The Kier molecular flexibility index (Phi) is 4.55. The third kappa shape index (κ3) is 3.20. The molecule has 0 aromatic rings. The van der Waals surface area contributed by atoms with Crippen molar-refractivity contribution >= 4 is 11.9 Å². The van der Waals surface area contributed by atoms with Gasteiger partial charge < -0.3 is 9.84 Å². The Morgan fingerprint density at radius 1 is 1.29 bits per heavy atom. The number of hydrogen-bond donors (Lipinski definition) is 1. The monoisotopic (exact) mass is 292 g/mol. The second kappa shape index (κ2) is 6.04. The maximum absolute atomic E-state index is 11.2. The summed E-state index contributed by atoms with van der Waals surface area (Å²) in [4.78, 5) is 22.3. The molecule has 0 bridgehead atoms. The molecule has 0 amide bonds. The number of hydrogen-bond acceptors (Lipinski definition) is 3. The Balaban J connectivity index is 2.32. The van der Waals surface area contributed by atoms with Gasteiger partial charge in [-0.1, -0.05) is 18.6 Å². The van der Waals surface area contributed by atoms with E-state index in [2.05, 4.69) is 6.92 Å². The van der Waals surface area contributed by atoms with Crippen molar-refractivity contribution in [2.24, 2.45) is 17.8 Å². The average Bonchev–Trinajstić information content (AvgIpc) is 2.71. The quantitative estimate of drug-likeness (QED) is 0.492. The lowest BCUT2D eigenvalue weighted by atomic mass is 9.71. The van der Waals surface area contributed by atoms with E-state index in [1.54, 1.807) is 6.92 Å². The van der Waals surface area contributed by atoms with Gasteiger partial charge in [-0.05, 0) is 56.4 Å². The summed E-state index contributed by atoms with van der Waals surface area (Å²) in [5.41, 5.74) is 2.83. The second-order valence-corrected chi connectivity index (χ2v) is 6.39. The number of carboxylic acids is 1. The van der Waals surface area contributed by atoms with E-state index in [4.69, 9.17) is 9.84 Å². The Labute approximate surface area is 125 Å². The Morgan fingerprint density at radius 3 is 2.52 bits per heavy atom. The molecular weight excluding hydrogens is 268 g/mol. The van der Waals surface area contributed by atoms with Crippen LogP contribution in [0.5, 0.6) is 0 Å². The van der Waals surface area contributed by atoms with Gasteiger partial charge in [-0.15, -0.1) is 0 Å². The number of carbonyl (C=O) groups excluding carboxylic acids is 1. The van der Waals surface area contributed by atoms with Gasteiger partial charge in [0.25, 0.3) is 0 Å². The van der Waals surface area contributed by atoms with Gasteiger partial charge in [-0.3, -0.25) is 4.79 Å². The number of allylic oxidation sites excluding steroid dienone is 2. The molecule has 4 nitrogen and oxygen atoms in total. The zero-order chi connectivity index (χ0) is 15.7. The van der Waals surface area contributed by atoms with Crippen LogP contribution in [0.2, 0.25) is 0 Å². The van der Waals surface area contributed by atoms with E-state index >= 15 is 0 Å². The molecule has 4 heteroatoms. The van der Waals surface area contributed by atoms with Gasteiger partial charge >= 0.3 is 11.9 Å². The summed E-state index contributed by atoms with van der Waals surface area (Å²) in [5, 5.41) is 9.09. The zero-order valence-electron chi connectivity index (χ0n) is 13.2. The minimum absolute atomic E-state index is 0.135. The van der Waals surface area contributed by atoms with E-state index < -0.39 is 5.97 Å². The molecule has 1 N–H and O–H groups in total. The van der Waals surface area contributed by atoms with E-state index in [0.717, 1.165) is 24.8 Å². The molecule has 0 aromatic carbocycles. The second-order valence-electron chi connectivity index (χ2n) is 6.39. The largest absolute Gasteiger partial charge is 0.478 e. The average molecular weight is 292 g/mol. The minimum Gasteiger partial charge on any atom is -0.478 e. The van der Waals surface area contributed by atoms with Crippen LogP contribution in [0, 0.1) is 17.8 Å². The lowest BCUT2D eigenvalue weighted by molar-refractivity contribution is -0.144. The minimum atomic E-state index is -0.863. The van der Waals surface area contributed by atoms with Crippen molar-refractivity contribution in [1.29, 1.82) is 0 Å². The van der Waals surface area contributed by atoms with Crippen LogP contribution in [0.1, 0.15) is 47.0 Å². The molecule has 1 fully saturated rings. The van der Waals surface area contributed by atoms with Gasteiger partial charge in [0.1, 0.15) is 6.10 Å². The molecule has 116 valence electrons. The molecular formula is C17H24O4. The molecule has 2 aliphatic rings. The van der Waals surface area contributed by atoms with Crippen molar-refractivity contribution in [2.45, 2.75) is 53.1 Å². The maximum Gasteiger partial charge on any atom is 0.330 e. The predicted molar refractivity (Wildman–Crippen MR) is 79.6 cm³/mol. The molecule has 4 atom stereocenters. The molecule has 0 spiro atoms. The summed E-state index contributed by atoms with van der Waals surface area (Å²) in [6.07, 6.45) is 4.64. The molecule has 2 unspecified atom stereocenters. The number of rotatable bonds is 3. The molecule has 0 aromatic heterocycles. The lowest BCUT2D eigenvalue weighted by Gasteiger charge is -2.33. The third-order valence-electron chi connectivity index (χ3n) is 4.92. The molecule has 0 saturated heterocycles. The summed E-state index contributed by atoms with van der Waals surface area (Å²) in [6, 6.07) is 0. The number of ether oxygens (including phenoxy) is 1. The van der Waals surface area contributed by atoms with E-state index in [0.29, 0.717) is 17.4 Å². The number of carboxylic acid groups (broad SMARTS) is 1. The van der Waals surface area contributed by atoms with Gasteiger partial charge in [0.05, 0.1) is 0 Å². The highest BCUT2D eigenvalue weighted by Gasteiger charge is 2.41.